The normalized spacial score (nSPS) is 20.1. The molecule has 0 amide bonds. The maximum atomic E-state index is 13.6. The third kappa shape index (κ3) is 1.71. The van der Waals surface area contributed by atoms with Gasteiger partial charge in [-0.05, 0) is 13.0 Å². The lowest BCUT2D eigenvalue weighted by atomic mass is 9.96. The first-order valence-corrected chi connectivity index (χ1v) is 5.10. The predicted molar refractivity (Wildman–Crippen MR) is 54.8 cm³/mol. The first-order chi connectivity index (χ1) is 7.65. The Morgan fingerprint density at radius 1 is 1.50 bits per heavy atom. The van der Waals surface area contributed by atoms with Crippen molar-refractivity contribution in [3.8, 4) is 11.5 Å². The number of methoxy groups -OCH3 is 1. The molecule has 0 spiro atoms. The zero-order valence-corrected chi connectivity index (χ0v) is 8.89. The van der Waals surface area contributed by atoms with Crippen LogP contribution in [0.2, 0.25) is 0 Å². The quantitative estimate of drug-likeness (QED) is 0.811. The van der Waals surface area contributed by atoms with Gasteiger partial charge in [-0.3, -0.25) is 0 Å². The summed E-state index contributed by atoms with van der Waals surface area (Å²) in [4.78, 5) is 0. The van der Waals surface area contributed by atoms with Crippen LogP contribution in [0.25, 0.3) is 0 Å². The third-order valence-corrected chi connectivity index (χ3v) is 2.88. The van der Waals surface area contributed by atoms with E-state index in [4.69, 9.17) is 4.74 Å². The molecule has 0 aliphatic carbocycles. The second-order valence-corrected chi connectivity index (χ2v) is 3.83. The maximum Gasteiger partial charge on any atom is 0.166 e. The molecular formula is C11H13F2NO2. The summed E-state index contributed by atoms with van der Waals surface area (Å²) in [6.45, 7) is 1.28. The lowest BCUT2D eigenvalue weighted by Gasteiger charge is -2.15. The summed E-state index contributed by atoms with van der Waals surface area (Å²) >= 11 is 0. The molecule has 5 heteroatoms. The smallest absolute Gasteiger partial charge is 0.166 e. The van der Waals surface area contributed by atoms with Gasteiger partial charge in [0.2, 0.25) is 0 Å². The number of halogens is 2. The average molecular weight is 229 g/mol. The molecular weight excluding hydrogens is 216 g/mol. The largest absolute Gasteiger partial charge is 0.504 e. The van der Waals surface area contributed by atoms with Crippen molar-refractivity contribution in [3.05, 3.63) is 23.3 Å². The molecule has 1 unspecified atom stereocenters. The highest BCUT2D eigenvalue weighted by Crippen LogP contribution is 2.39. The van der Waals surface area contributed by atoms with Gasteiger partial charge in [0.1, 0.15) is 0 Å². The van der Waals surface area contributed by atoms with Crippen LogP contribution in [-0.2, 0) is 0 Å². The minimum Gasteiger partial charge on any atom is -0.504 e. The zero-order chi connectivity index (χ0) is 11.7. The van der Waals surface area contributed by atoms with E-state index >= 15 is 0 Å². The molecule has 2 rings (SSSR count). The van der Waals surface area contributed by atoms with Crippen molar-refractivity contribution in [2.75, 3.05) is 20.2 Å². The van der Waals surface area contributed by atoms with E-state index in [0.29, 0.717) is 13.0 Å². The molecule has 0 radical (unpaired) electrons. The molecule has 1 saturated heterocycles. The Bertz CT molecular complexity index is 403. The van der Waals surface area contributed by atoms with E-state index in [9.17, 15) is 13.9 Å². The van der Waals surface area contributed by atoms with Crippen LogP contribution in [0.4, 0.5) is 8.78 Å². The Balaban J connectivity index is 2.52. The van der Waals surface area contributed by atoms with Gasteiger partial charge in [0.25, 0.3) is 0 Å². The molecule has 0 aromatic heterocycles. The lowest BCUT2D eigenvalue weighted by molar-refractivity contribution is 0.356. The average Bonchev–Trinajstić information content (AvgIpc) is 2.77. The van der Waals surface area contributed by atoms with Crippen LogP contribution in [0, 0.1) is 11.6 Å². The van der Waals surface area contributed by atoms with Crippen molar-refractivity contribution in [2.24, 2.45) is 0 Å². The molecule has 1 atom stereocenters. The standard InChI is InChI=1S/C11H13F2NO2/c1-16-8-4-7(12)10(13)9(11(8)15)6-2-3-14-5-6/h4,6,14-15H,2-3,5H2,1H3. The summed E-state index contributed by atoms with van der Waals surface area (Å²) in [6, 6.07) is 0.858. The number of phenols is 1. The van der Waals surface area contributed by atoms with Crippen molar-refractivity contribution in [2.45, 2.75) is 12.3 Å². The number of phenolic OH excluding ortho intramolecular Hbond substituents is 1. The Hall–Kier alpha value is -1.36. The van der Waals surface area contributed by atoms with Crippen LogP contribution in [0.1, 0.15) is 17.9 Å². The first kappa shape index (κ1) is 11.1. The van der Waals surface area contributed by atoms with Gasteiger partial charge >= 0.3 is 0 Å². The summed E-state index contributed by atoms with van der Waals surface area (Å²) in [5, 5.41) is 12.8. The highest BCUT2D eigenvalue weighted by Gasteiger charge is 2.27. The highest BCUT2D eigenvalue weighted by molar-refractivity contribution is 5.49. The van der Waals surface area contributed by atoms with E-state index in [-0.39, 0.29) is 23.0 Å². The van der Waals surface area contributed by atoms with Crippen molar-refractivity contribution in [1.82, 2.24) is 5.32 Å². The van der Waals surface area contributed by atoms with Crippen molar-refractivity contribution >= 4 is 0 Å². The van der Waals surface area contributed by atoms with Crippen LogP contribution in [-0.4, -0.2) is 25.3 Å². The number of hydrogen-bond donors (Lipinski definition) is 2. The van der Waals surface area contributed by atoms with Gasteiger partial charge in [0.05, 0.1) is 7.11 Å². The second-order valence-electron chi connectivity index (χ2n) is 3.83. The number of benzene rings is 1. The van der Waals surface area contributed by atoms with E-state index < -0.39 is 11.6 Å². The maximum absolute atomic E-state index is 13.6. The van der Waals surface area contributed by atoms with E-state index in [0.717, 1.165) is 12.6 Å². The molecule has 0 bridgehead atoms. The Labute approximate surface area is 92.0 Å². The van der Waals surface area contributed by atoms with Crippen LogP contribution in [0.5, 0.6) is 11.5 Å². The third-order valence-electron chi connectivity index (χ3n) is 2.88. The van der Waals surface area contributed by atoms with Crippen LogP contribution < -0.4 is 10.1 Å². The Morgan fingerprint density at radius 2 is 2.25 bits per heavy atom. The van der Waals surface area contributed by atoms with E-state index in [1.807, 2.05) is 0 Å². The fraction of sp³-hybridized carbons (Fsp3) is 0.455. The summed E-state index contributed by atoms with van der Waals surface area (Å²) in [5.41, 5.74) is 0.0156. The van der Waals surface area contributed by atoms with Gasteiger partial charge < -0.3 is 15.2 Å². The SMILES string of the molecule is COc1cc(F)c(F)c(C2CCNC2)c1O. The Morgan fingerprint density at radius 3 is 2.81 bits per heavy atom. The van der Waals surface area contributed by atoms with Gasteiger partial charge in [0, 0.05) is 24.1 Å². The molecule has 1 heterocycles. The van der Waals surface area contributed by atoms with Gasteiger partial charge in [-0.2, -0.15) is 0 Å². The van der Waals surface area contributed by atoms with Crippen LogP contribution >= 0.6 is 0 Å². The minimum atomic E-state index is -0.989. The molecule has 88 valence electrons. The zero-order valence-electron chi connectivity index (χ0n) is 8.89. The molecule has 16 heavy (non-hydrogen) atoms. The molecule has 1 aliphatic heterocycles. The van der Waals surface area contributed by atoms with Crippen molar-refractivity contribution < 1.29 is 18.6 Å². The first-order valence-electron chi connectivity index (χ1n) is 5.10. The van der Waals surface area contributed by atoms with Crippen molar-refractivity contribution in [3.63, 3.8) is 0 Å². The highest BCUT2D eigenvalue weighted by atomic mass is 19.2. The molecule has 1 fully saturated rings. The molecule has 1 aliphatic rings. The lowest BCUT2D eigenvalue weighted by Crippen LogP contribution is -2.10. The summed E-state index contributed by atoms with van der Waals surface area (Å²) in [6.07, 6.45) is 0.678. The molecule has 1 aromatic carbocycles. The van der Waals surface area contributed by atoms with E-state index in [1.165, 1.54) is 7.11 Å². The predicted octanol–water partition coefficient (Wildman–Crippen LogP) is 1.76. The Kier molecular flexibility index (Phi) is 2.96. The number of aromatic hydroxyl groups is 1. The fourth-order valence-electron chi connectivity index (χ4n) is 2.04. The molecule has 3 nitrogen and oxygen atoms in total. The molecule has 1 aromatic rings. The van der Waals surface area contributed by atoms with Crippen molar-refractivity contribution in [1.29, 1.82) is 0 Å². The molecule has 2 N–H and O–H groups in total. The summed E-state index contributed by atoms with van der Waals surface area (Å²) in [7, 11) is 1.31. The van der Waals surface area contributed by atoms with E-state index in [2.05, 4.69) is 5.32 Å². The van der Waals surface area contributed by atoms with Crippen LogP contribution in [0.3, 0.4) is 0 Å². The number of nitrogens with one attached hydrogen (secondary N) is 1. The minimum absolute atomic E-state index is 0.0156. The van der Waals surface area contributed by atoms with Gasteiger partial charge in [-0.25, -0.2) is 8.78 Å². The van der Waals surface area contributed by atoms with E-state index in [1.54, 1.807) is 0 Å². The number of ether oxygens (including phenoxy) is 1. The van der Waals surface area contributed by atoms with Crippen LogP contribution in [0.15, 0.2) is 6.07 Å². The van der Waals surface area contributed by atoms with Gasteiger partial charge in [0.15, 0.2) is 23.1 Å². The number of hydrogen-bond acceptors (Lipinski definition) is 3. The van der Waals surface area contributed by atoms with Gasteiger partial charge in [-0.15, -0.1) is 0 Å². The summed E-state index contributed by atoms with van der Waals surface area (Å²) in [5.74, 6) is -2.50. The van der Waals surface area contributed by atoms with Gasteiger partial charge in [-0.1, -0.05) is 0 Å². The monoisotopic (exact) mass is 229 g/mol. The molecule has 0 saturated carbocycles. The fourth-order valence-corrected chi connectivity index (χ4v) is 2.04. The summed E-state index contributed by atoms with van der Waals surface area (Å²) < 4.78 is 31.7. The second kappa shape index (κ2) is 4.25. The topological polar surface area (TPSA) is 41.5 Å². The number of rotatable bonds is 2.